The average Bonchev–Trinajstić information content (AvgIpc) is 2.77. The lowest BCUT2D eigenvalue weighted by Gasteiger charge is -2.26. The van der Waals surface area contributed by atoms with Crippen LogP contribution in [-0.4, -0.2) is 7.11 Å². The highest BCUT2D eigenvalue weighted by atomic mass is 19.1. The molecular weight excluding hydrogens is 231 g/mol. The summed E-state index contributed by atoms with van der Waals surface area (Å²) in [6, 6.07) is 5.09. The van der Waals surface area contributed by atoms with E-state index in [0.29, 0.717) is 11.8 Å². The summed E-state index contributed by atoms with van der Waals surface area (Å²) in [5.74, 6) is 6.70. The fourth-order valence-corrected chi connectivity index (χ4v) is 3.01. The quantitative estimate of drug-likeness (QED) is 0.640. The minimum atomic E-state index is -0.332. The third-order valence-corrected chi connectivity index (χ3v) is 4.07. The number of halogens is 1. The number of nitrogens with two attached hydrogens (primary N) is 1. The molecule has 100 valence electrons. The normalized spacial score (nSPS) is 25.1. The second kappa shape index (κ2) is 5.67. The number of ether oxygens (including phenoxy) is 1. The van der Waals surface area contributed by atoms with E-state index >= 15 is 0 Å². The molecule has 1 saturated carbocycles. The zero-order chi connectivity index (χ0) is 13.1. The molecule has 2 rings (SSSR count). The lowest BCUT2D eigenvalue weighted by Crippen LogP contribution is -2.34. The molecule has 1 fully saturated rings. The van der Waals surface area contributed by atoms with Gasteiger partial charge in [-0.15, -0.1) is 0 Å². The second-order valence-corrected chi connectivity index (χ2v) is 5.11. The lowest BCUT2D eigenvalue weighted by atomic mass is 9.86. The van der Waals surface area contributed by atoms with E-state index in [4.69, 9.17) is 10.6 Å². The van der Waals surface area contributed by atoms with Crippen LogP contribution in [0, 0.1) is 17.7 Å². The molecule has 0 aromatic heterocycles. The van der Waals surface area contributed by atoms with Crippen LogP contribution in [-0.2, 0) is 0 Å². The Hall–Kier alpha value is -1.13. The number of hydrazine groups is 1. The maximum absolute atomic E-state index is 13.7. The molecule has 0 bridgehead atoms. The van der Waals surface area contributed by atoms with Gasteiger partial charge in [-0.05, 0) is 36.0 Å². The van der Waals surface area contributed by atoms with Crippen molar-refractivity contribution < 1.29 is 9.13 Å². The van der Waals surface area contributed by atoms with Crippen molar-refractivity contribution in [3.05, 3.63) is 29.6 Å². The van der Waals surface area contributed by atoms with Crippen molar-refractivity contribution in [3.63, 3.8) is 0 Å². The van der Waals surface area contributed by atoms with Crippen LogP contribution in [0.25, 0.3) is 0 Å². The van der Waals surface area contributed by atoms with Gasteiger partial charge >= 0.3 is 0 Å². The monoisotopic (exact) mass is 252 g/mol. The van der Waals surface area contributed by atoms with Crippen molar-refractivity contribution in [2.24, 2.45) is 17.7 Å². The third-order valence-electron chi connectivity index (χ3n) is 4.07. The molecule has 3 nitrogen and oxygen atoms in total. The Morgan fingerprint density at radius 3 is 2.72 bits per heavy atom. The largest absolute Gasteiger partial charge is 0.494 e. The fraction of sp³-hybridized carbons (Fsp3) is 0.571. The zero-order valence-electron chi connectivity index (χ0n) is 10.9. The van der Waals surface area contributed by atoms with Crippen molar-refractivity contribution in [1.29, 1.82) is 0 Å². The highest BCUT2D eigenvalue weighted by molar-refractivity contribution is 5.31. The van der Waals surface area contributed by atoms with Gasteiger partial charge in [0.1, 0.15) is 0 Å². The predicted molar refractivity (Wildman–Crippen MR) is 69.5 cm³/mol. The molecule has 0 amide bonds. The van der Waals surface area contributed by atoms with Crippen molar-refractivity contribution in [2.45, 2.75) is 32.2 Å². The molecule has 18 heavy (non-hydrogen) atoms. The number of hydrogen-bond donors (Lipinski definition) is 2. The molecule has 0 saturated heterocycles. The van der Waals surface area contributed by atoms with Crippen LogP contribution in [0.5, 0.6) is 5.75 Å². The molecule has 1 aromatic carbocycles. The maximum Gasteiger partial charge on any atom is 0.165 e. The van der Waals surface area contributed by atoms with Crippen molar-refractivity contribution in [2.75, 3.05) is 7.11 Å². The first-order valence-electron chi connectivity index (χ1n) is 6.47. The van der Waals surface area contributed by atoms with Crippen LogP contribution >= 0.6 is 0 Å². The number of benzene rings is 1. The van der Waals surface area contributed by atoms with Crippen molar-refractivity contribution in [3.8, 4) is 5.75 Å². The smallest absolute Gasteiger partial charge is 0.165 e. The molecule has 0 aliphatic heterocycles. The summed E-state index contributed by atoms with van der Waals surface area (Å²) in [6.45, 7) is 2.24. The number of hydrogen-bond acceptors (Lipinski definition) is 3. The van der Waals surface area contributed by atoms with Crippen molar-refractivity contribution >= 4 is 0 Å². The maximum atomic E-state index is 13.7. The molecule has 0 spiro atoms. The van der Waals surface area contributed by atoms with E-state index in [1.54, 1.807) is 6.07 Å². The Kier molecular flexibility index (Phi) is 4.19. The van der Waals surface area contributed by atoms with Gasteiger partial charge in [0, 0.05) is 6.04 Å². The molecule has 1 aromatic rings. The van der Waals surface area contributed by atoms with E-state index in [1.807, 2.05) is 6.07 Å². The Labute approximate surface area is 107 Å². The second-order valence-electron chi connectivity index (χ2n) is 5.11. The number of rotatable bonds is 4. The Balaban J connectivity index is 2.24. The van der Waals surface area contributed by atoms with E-state index in [2.05, 4.69) is 12.3 Å². The minimum Gasteiger partial charge on any atom is -0.494 e. The van der Waals surface area contributed by atoms with Gasteiger partial charge in [0.25, 0.3) is 0 Å². The molecule has 0 radical (unpaired) electrons. The van der Waals surface area contributed by atoms with Gasteiger partial charge in [-0.2, -0.15) is 0 Å². The van der Waals surface area contributed by atoms with E-state index in [0.717, 1.165) is 12.0 Å². The fourth-order valence-electron chi connectivity index (χ4n) is 3.01. The molecule has 3 N–H and O–H groups in total. The van der Waals surface area contributed by atoms with Gasteiger partial charge in [0.2, 0.25) is 0 Å². The van der Waals surface area contributed by atoms with Crippen LogP contribution < -0.4 is 16.0 Å². The van der Waals surface area contributed by atoms with Crippen molar-refractivity contribution in [1.82, 2.24) is 5.43 Å². The van der Waals surface area contributed by atoms with Crippen LogP contribution in [0.2, 0.25) is 0 Å². The summed E-state index contributed by atoms with van der Waals surface area (Å²) in [6.07, 6.45) is 3.59. The average molecular weight is 252 g/mol. The molecule has 3 unspecified atom stereocenters. The summed E-state index contributed by atoms with van der Waals surface area (Å²) >= 11 is 0. The van der Waals surface area contributed by atoms with Gasteiger partial charge in [0.15, 0.2) is 11.6 Å². The number of methoxy groups -OCH3 is 1. The molecule has 0 heterocycles. The van der Waals surface area contributed by atoms with Gasteiger partial charge in [-0.3, -0.25) is 11.3 Å². The van der Waals surface area contributed by atoms with E-state index in [9.17, 15) is 4.39 Å². The van der Waals surface area contributed by atoms with Gasteiger partial charge in [0.05, 0.1) is 7.11 Å². The van der Waals surface area contributed by atoms with E-state index < -0.39 is 0 Å². The van der Waals surface area contributed by atoms with Crippen LogP contribution in [0.3, 0.4) is 0 Å². The van der Waals surface area contributed by atoms with E-state index in [1.165, 1.54) is 26.0 Å². The first kappa shape index (κ1) is 13.3. The van der Waals surface area contributed by atoms with Crippen LogP contribution in [0.1, 0.15) is 37.8 Å². The van der Waals surface area contributed by atoms with Crippen LogP contribution in [0.4, 0.5) is 4.39 Å². The highest BCUT2D eigenvalue weighted by Crippen LogP contribution is 2.40. The number of nitrogens with one attached hydrogen (secondary N) is 1. The SMILES string of the molecule is COc1ccc(C(NN)C2CCCC2C)cc1F. The first-order chi connectivity index (χ1) is 8.67. The molecular formula is C14H21FN2O. The molecule has 1 aliphatic rings. The van der Waals surface area contributed by atoms with E-state index in [-0.39, 0.29) is 17.6 Å². The molecule has 3 atom stereocenters. The van der Waals surface area contributed by atoms with Gasteiger partial charge in [-0.25, -0.2) is 4.39 Å². The summed E-state index contributed by atoms with van der Waals surface area (Å²) in [7, 11) is 1.47. The minimum absolute atomic E-state index is 0.0166. The predicted octanol–water partition coefficient (Wildman–Crippen LogP) is 2.77. The summed E-state index contributed by atoms with van der Waals surface area (Å²) < 4.78 is 18.7. The Morgan fingerprint density at radius 2 is 2.22 bits per heavy atom. The van der Waals surface area contributed by atoms with Crippen LogP contribution in [0.15, 0.2) is 18.2 Å². The third kappa shape index (κ3) is 2.49. The molecule has 1 aliphatic carbocycles. The standard InChI is InChI=1S/C14H21FN2O/c1-9-4-3-5-11(9)14(17-16)10-6-7-13(18-2)12(15)8-10/h6-9,11,14,17H,3-5,16H2,1-2H3. The topological polar surface area (TPSA) is 47.3 Å². The van der Waals surface area contributed by atoms with Gasteiger partial charge < -0.3 is 4.74 Å². The summed E-state index contributed by atoms with van der Waals surface area (Å²) in [4.78, 5) is 0. The van der Waals surface area contributed by atoms with Gasteiger partial charge in [-0.1, -0.05) is 25.8 Å². The zero-order valence-corrected chi connectivity index (χ0v) is 10.9. The summed E-state index contributed by atoms with van der Waals surface area (Å²) in [5, 5.41) is 0. The Morgan fingerprint density at radius 1 is 1.44 bits per heavy atom. The summed E-state index contributed by atoms with van der Waals surface area (Å²) in [5.41, 5.74) is 3.75. The molecule has 4 heteroatoms. The first-order valence-corrected chi connectivity index (χ1v) is 6.47. The highest BCUT2D eigenvalue weighted by Gasteiger charge is 2.31. The lowest BCUT2D eigenvalue weighted by molar-refractivity contribution is 0.303. The Bertz CT molecular complexity index is 411.